The number of thiophene rings is 1. The summed E-state index contributed by atoms with van der Waals surface area (Å²) in [4.78, 5) is 15.7. The molecule has 0 aliphatic rings. The fourth-order valence-electron chi connectivity index (χ4n) is 2.57. The molecule has 0 radical (unpaired) electrons. The summed E-state index contributed by atoms with van der Waals surface area (Å²) in [6.45, 7) is 3.21. The van der Waals surface area contributed by atoms with Crippen LogP contribution in [0.2, 0.25) is 0 Å². The summed E-state index contributed by atoms with van der Waals surface area (Å²) in [6.07, 6.45) is 2.78. The van der Waals surface area contributed by atoms with Gasteiger partial charge in [0, 0.05) is 18.0 Å². The van der Waals surface area contributed by atoms with Crippen molar-refractivity contribution in [3.63, 3.8) is 0 Å². The number of sulfonamides is 1. The Kier molecular flexibility index (Phi) is 7.81. The van der Waals surface area contributed by atoms with Crippen molar-refractivity contribution in [3.8, 4) is 0 Å². The summed E-state index contributed by atoms with van der Waals surface area (Å²) in [5.74, 6) is -0.177. The molecule has 1 aromatic carbocycles. The van der Waals surface area contributed by atoms with Gasteiger partial charge in [0.15, 0.2) is 0 Å². The summed E-state index contributed by atoms with van der Waals surface area (Å²) in [7, 11) is -3.41. The molecule has 1 amide bonds. The Labute approximate surface area is 160 Å². The molecular formula is C19H26N2O3S2. The van der Waals surface area contributed by atoms with Gasteiger partial charge in [0.1, 0.15) is 0 Å². The van der Waals surface area contributed by atoms with Crippen LogP contribution < -0.4 is 0 Å². The minimum absolute atomic E-state index is 0.114. The maximum absolute atomic E-state index is 12.9. The van der Waals surface area contributed by atoms with Crippen LogP contribution in [0.1, 0.15) is 30.2 Å². The molecule has 0 unspecified atom stereocenters. The maximum atomic E-state index is 12.9. The Morgan fingerprint density at radius 2 is 1.81 bits per heavy atom. The van der Waals surface area contributed by atoms with E-state index in [1.807, 2.05) is 54.8 Å². The van der Waals surface area contributed by atoms with Gasteiger partial charge in [0.25, 0.3) is 0 Å². The Morgan fingerprint density at radius 3 is 2.38 bits per heavy atom. The molecule has 0 aliphatic heterocycles. The lowest BCUT2D eigenvalue weighted by atomic mass is 10.2. The van der Waals surface area contributed by atoms with E-state index in [2.05, 4.69) is 0 Å². The van der Waals surface area contributed by atoms with Crippen LogP contribution in [0.3, 0.4) is 0 Å². The molecular weight excluding hydrogens is 368 g/mol. The molecule has 1 heterocycles. The molecule has 2 rings (SSSR count). The lowest BCUT2D eigenvalue weighted by molar-refractivity contribution is -0.132. The van der Waals surface area contributed by atoms with Gasteiger partial charge < -0.3 is 4.90 Å². The molecule has 5 nitrogen and oxygen atoms in total. The van der Waals surface area contributed by atoms with Gasteiger partial charge in [0.2, 0.25) is 15.9 Å². The van der Waals surface area contributed by atoms with Crippen LogP contribution in [0.5, 0.6) is 0 Å². The van der Waals surface area contributed by atoms with Crippen LogP contribution >= 0.6 is 11.3 Å². The van der Waals surface area contributed by atoms with Gasteiger partial charge >= 0.3 is 0 Å². The molecule has 0 fully saturated rings. The van der Waals surface area contributed by atoms with Gasteiger partial charge in [0.05, 0.1) is 19.3 Å². The third-order valence-corrected chi connectivity index (χ3v) is 6.15. The first-order valence-electron chi connectivity index (χ1n) is 8.69. The average molecular weight is 395 g/mol. The highest BCUT2D eigenvalue weighted by molar-refractivity contribution is 7.88. The molecule has 0 atom stereocenters. The highest BCUT2D eigenvalue weighted by atomic mass is 32.2. The second kappa shape index (κ2) is 9.85. The lowest BCUT2D eigenvalue weighted by Crippen LogP contribution is -2.42. The third-order valence-electron chi connectivity index (χ3n) is 4.04. The normalized spacial score (nSPS) is 11.7. The lowest BCUT2D eigenvalue weighted by Gasteiger charge is -2.26. The van der Waals surface area contributed by atoms with Crippen molar-refractivity contribution in [2.24, 2.45) is 0 Å². The number of nitrogens with zero attached hydrogens (tertiary/aromatic N) is 2. The molecule has 0 bridgehead atoms. The van der Waals surface area contributed by atoms with E-state index in [0.29, 0.717) is 19.6 Å². The van der Waals surface area contributed by atoms with Gasteiger partial charge in [-0.3, -0.25) is 4.79 Å². The topological polar surface area (TPSA) is 57.7 Å². The van der Waals surface area contributed by atoms with Crippen LogP contribution in [-0.4, -0.2) is 42.9 Å². The largest absolute Gasteiger partial charge is 0.332 e. The summed E-state index contributed by atoms with van der Waals surface area (Å²) in [5, 5.41) is 1.98. The minimum atomic E-state index is -3.41. The second-order valence-electron chi connectivity index (χ2n) is 6.26. The predicted octanol–water partition coefficient (Wildman–Crippen LogP) is 3.34. The number of amides is 1. The first-order chi connectivity index (χ1) is 12.4. The van der Waals surface area contributed by atoms with Crippen molar-refractivity contribution in [1.29, 1.82) is 0 Å². The van der Waals surface area contributed by atoms with E-state index >= 15 is 0 Å². The SMILES string of the molecule is CCCCN(CC(=O)N(Cc1ccccc1)Cc1cccs1)S(C)(=O)=O. The zero-order valence-corrected chi connectivity index (χ0v) is 16.9. The van der Waals surface area contributed by atoms with Crippen LogP contribution in [0.25, 0.3) is 0 Å². The Morgan fingerprint density at radius 1 is 1.08 bits per heavy atom. The molecule has 2 aromatic rings. The summed E-state index contributed by atoms with van der Waals surface area (Å²) >= 11 is 1.59. The van der Waals surface area contributed by atoms with Crippen LogP contribution in [0.4, 0.5) is 0 Å². The third kappa shape index (κ3) is 6.55. The molecule has 0 saturated carbocycles. The monoisotopic (exact) mass is 394 g/mol. The van der Waals surface area contributed by atoms with E-state index in [9.17, 15) is 13.2 Å². The summed E-state index contributed by atoms with van der Waals surface area (Å²) in [5.41, 5.74) is 1.02. The quantitative estimate of drug-likeness (QED) is 0.621. The molecule has 0 spiro atoms. The number of hydrogen-bond donors (Lipinski definition) is 0. The van der Waals surface area contributed by atoms with Gasteiger partial charge in [-0.15, -0.1) is 11.3 Å². The zero-order chi connectivity index (χ0) is 19.0. The standard InChI is InChI=1S/C19H26N2O3S2/c1-3-4-12-21(26(2,23)24)16-19(22)20(15-18-11-8-13-25-18)14-17-9-6-5-7-10-17/h5-11,13H,3-4,12,14-16H2,1-2H3. The molecule has 26 heavy (non-hydrogen) atoms. The van der Waals surface area contributed by atoms with E-state index in [4.69, 9.17) is 0 Å². The smallest absolute Gasteiger partial charge is 0.238 e. The molecule has 7 heteroatoms. The van der Waals surface area contributed by atoms with E-state index in [1.165, 1.54) is 4.31 Å². The van der Waals surface area contributed by atoms with Crippen LogP contribution in [0, 0.1) is 0 Å². The van der Waals surface area contributed by atoms with E-state index < -0.39 is 10.0 Å². The summed E-state index contributed by atoms with van der Waals surface area (Å²) < 4.78 is 25.3. The van der Waals surface area contributed by atoms with Gasteiger partial charge in [-0.05, 0) is 23.4 Å². The fourth-order valence-corrected chi connectivity index (χ4v) is 4.10. The first-order valence-corrected chi connectivity index (χ1v) is 11.4. The van der Waals surface area contributed by atoms with Crippen LogP contribution in [0.15, 0.2) is 47.8 Å². The van der Waals surface area contributed by atoms with Gasteiger partial charge in [-0.1, -0.05) is 49.7 Å². The van der Waals surface area contributed by atoms with Crippen molar-refractivity contribution in [2.45, 2.75) is 32.9 Å². The highest BCUT2D eigenvalue weighted by Gasteiger charge is 2.23. The Bertz CT molecular complexity index is 774. The molecule has 0 aliphatic carbocycles. The van der Waals surface area contributed by atoms with Gasteiger partial charge in [-0.2, -0.15) is 4.31 Å². The number of unbranched alkanes of at least 4 members (excludes halogenated alkanes) is 1. The van der Waals surface area contributed by atoms with Crippen LogP contribution in [-0.2, 0) is 27.9 Å². The van der Waals surface area contributed by atoms with Crippen molar-refractivity contribution < 1.29 is 13.2 Å². The second-order valence-corrected chi connectivity index (χ2v) is 9.28. The Hall–Kier alpha value is -1.70. The van der Waals surface area contributed by atoms with Gasteiger partial charge in [-0.25, -0.2) is 8.42 Å². The molecule has 142 valence electrons. The summed E-state index contributed by atoms with van der Waals surface area (Å²) in [6, 6.07) is 13.7. The number of rotatable bonds is 10. The van der Waals surface area contributed by atoms with Crippen molar-refractivity contribution in [3.05, 3.63) is 58.3 Å². The number of carbonyl (C=O) groups excluding carboxylic acids is 1. The zero-order valence-electron chi connectivity index (χ0n) is 15.3. The van der Waals surface area contributed by atoms with Crippen molar-refractivity contribution >= 4 is 27.3 Å². The molecule has 1 aromatic heterocycles. The van der Waals surface area contributed by atoms with E-state index in [-0.39, 0.29) is 12.5 Å². The maximum Gasteiger partial charge on any atom is 0.238 e. The fraction of sp³-hybridized carbons (Fsp3) is 0.421. The highest BCUT2D eigenvalue weighted by Crippen LogP contribution is 2.15. The van der Waals surface area contributed by atoms with E-state index in [1.54, 1.807) is 16.2 Å². The minimum Gasteiger partial charge on any atom is -0.332 e. The number of benzene rings is 1. The van der Waals surface area contributed by atoms with E-state index in [0.717, 1.165) is 29.5 Å². The van der Waals surface area contributed by atoms with Crippen molar-refractivity contribution in [2.75, 3.05) is 19.3 Å². The molecule has 0 saturated heterocycles. The van der Waals surface area contributed by atoms with Crippen molar-refractivity contribution in [1.82, 2.24) is 9.21 Å². The number of hydrogen-bond acceptors (Lipinski definition) is 4. The number of carbonyl (C=O) groups is 1. The molecule has 0 N–H and O–H groups in total. The predicted molar refractivity (Wildman–Crippen MR) is 106 cm³/mol. The average Bonchev–Trinajstić information content (AvgIpc) is 3.11. The Balaban J connectivity index is 2.15. The first kappa shape index (κ1) is 20.6.